The van der Waals surface area contributed by atoms with Crippen LogP contribution in [-0.4, -0.2) is 23.2 Å². The molecule has 3 nitrogen and oxygen atoms in total. The van der Waals surface area contributed by atoms with Gasteiger partial charge in [0.1, 0.15) is 0 Å². The second kappa shape index (κ2) is 10.3. The minimum Gasteiger partial charge on any atom is -0.355 e. The van der Waals surface area contributed by atoms with Crippen molar-refractivity contribution in [3.05, 3.63) is 49.9 Å². The van der Waals surface area contributed by atoms with Gasteiger partial charge in [-0.05, 0) is 43.9 Å². The second-order valence-electron chi connectivity index (χ2n) is 5.42. The molecule has 0 saturated heterocycles. The van der Waals surface area contributed by atoms with Crippen LogP contribution in [0.1, 0.15) is 29.1 Å². The first-order chi connectivity index (χ1) is 11.5. The number of carbonyl (C=O) groups excluding carboxylic acids is 1. The van der Waals surface area contributed by atoms with E-state index in [1.807, 2.05) is 19.1 Å². The molecule has 1 aromatic carbocycles. The number of aryl methyl sites for hydroxylation is 2. The molecule has 24 heavy (non-hydrogen) atoms. The molecule has 130 valence electrons. The number of aromatic nitrogens is 1. The fraction of sp³-hybridized carbons (Fsp3) is 0.412. The first kappa shape index (κ1) is 19.6. The molecule has 0 unspecified atom stereocenters. The van der Waals surface area contributed by atoms with E-state index in [0.717, 1.165) is 30.5 Å². The van der Waals surface area contributed by atoms with E-state index >= 15 is 0 Å². The molecule has 0 spiro atoms. The van der Waals surface area contributed by atoms with Crippen molar-refractivity contribution in [1.29, 1.82) is 0 Å². The Morgan fingerprint density at radius 1 is 1.33 bits per heavy atom. The predicted octanol–water partition coefficient (Wildman–Crippen LogP) is 5.13. The third-order valence-electron chi connectivity index (χ3n) is 3.31. The maximum atomic E-state index is 11.8. The van der Waals surface area contributed by atoms with Crippen molar-refractivity contribution in [1.82, 2.24) is 10.3 Å². The van der Waals surface area contributed by atoms with E-state index in [9.17, 15) is 4.79 Å². The number of hydrogen-bond acceptors (Lipinski definition) is 4. The Balaban J connectivity index is 1.55. The summed E-state index contributed by atoms with van der Waals surface area (Å²) in [4.78, 5) is 16.2. The summed E-state index contributed by atoms with van der Waals surface area (Å²) in [6.07, 6.45) is 3.00. The van der Waals surface area contributed by atoms with Crippen molar-refractivity contribution in [2.24, 2.45) is 0 Å². The van der Waals surface area contributed by atoms with E-state index in [1.54, 1.807) is 29.2 Å². The molecule has 1 N–H and O–H groups in total. The van der Waals surface area contributed by atoms with Gasteiger partial charge in [0.2, 0.25) is 5.91 Å². The lowest BCUT2D eigenvalue weighted by atomic mass is 10.2. The van der Waals surface area contributed by atoms with Crippen molar-refractivity contribution >= 4 is 52.2 Å². The normalized spacial score (nSPS) is 10.8. The first-order valence-corrected chi connectivity index (χ1v) is 10.5. The van der Waals surface area contributed by atoms with E-state index in [-0.39, 0.29) is 5.91 Å². The summed E-state index contributed by atoms with van der Waals surface area (Å²) in [5.41, 5.74) is 2.08. The number of rotatable bonds is 9. The lowest BCUT2D eigenvalue weighted by molar-refractivity contribution is -0.118. The molecule has 2 aromatic rings. The number of hydrogen-bond donors (Lipinski definition) is 1. The molecule has 0 bridgehead atoms. The Morgan fingerprint density at radius 3 is 2.88 bits per heavy atom. The molecular formula is C17H20Cl2N2OS2. The molecule has 1 amide bonds. The minimum atomic E-state index is 0.0650. The quantitative estimate of drug-likeness (QED) is 0.590. The summed E-state index contributed by atoms with van der Waals surface area (Å²) < 4.78 is 0. The fourth-order valence-corrected chi connectivity index (χ4v) is 4.32. The molecule has 1 aromatic heterocycles. The standard InChI is InChI=1S/C17H20Cl2N2OS2/c1-12-9-24-17(21-12)4-2-3-7-20-16(22)11-23-10-13-5-6-14(18)8-15(13)19/h5-6,8-9H,2-4,7,10-11H2,1H3,(H,20,22). The van der Waals surface area contributed by atoms with E-state index in [2.05, 4.69) is 15.7 Å². The van der Waals surface area contributed by atoms with Gasteiger partial charge in [-0.3, -0.25) is 4.79 Å². The van der Waals surface area contributed by atoms with Gasteiger partial charge in [-0.2, -0.15) is 0 Å². The number of amides is 1. The van der Waals surface area contributed by atoms with Crippen LogP contribution in [0.2, 0.25) is 10.0 Å². The molecule has 0 fully saturated rings. The minimum absolute atomic E-state index is 0.0650. The zero-order chi connectivity index (χ0) is 17.4. The Bertz CT molecular complexity index is 676. The molecule has 0 aliphatic rings. The molecule has 0 aliphatic carbocycles. The molecule has 0 saturated carbocycles. The van der Waals surface area contributed by atoms with Crippen molar-refractivity contribution in [2.45, 2.75) is 31.9 Å². The lowest BCUT2D eigenvalue weighted by Crippen LogP contribution is -2.26. The number of nitrogens with zero attached hydrogens (tertiary/aromatic N) is 1. The second-order valence-corrected chi connectivity index (χ2v) is 8.19. The van der Waals surface area contributed by atoms with Crippen LogP contribution in [0.3, 0.4) is 0 Å². The molecule has 1 heterocycles. The molecule has 0 aliphatic heterocycles. The monoisotopic (exact) mass is 402 g/mol. The third kappa shape index (κ3) is 7.01. The predicted molar refractivity (Wildman–Crippen MR) is 105 cm³/mol. The number of thioether (sulfide) groups is 1. The average molecular weight is 403 g/mol. The van der Waals surface area contributed by atoms with Gasteiger partial charge in [-0.1, -0.05) is 29.3 Å². The number of halogens is 2. The van der Waals surface area contributed by atoms with Crippen LogP contribution in [0, 0.1) is 6.92 Å². The van der Waals surface area contributed by atoms with Gasteiger partial charge in [0, 0.05) is 33.4 Å². The summed E-state index contributed by atoms with van der Waals surface area (Å²) in [6.45, 7) is 2.72. The highest BCUT2D eigenvalue weighted by Crippen LogP contribution is 2.24. The van der Waals surface area contributed by atoms with Crippen molar-refractivity contribution < 1.29 is 4.79 Å². The van der Waals surface area contributed by atoms with E-state index < -0.39 is 0 Å². The highest BCUT2D eigenvalue weighted by molar-refractivity contribution is 7.99. The fourth-order valence-electron chi connectivity index (χ4n) is 2.09. The van der Waals surface area contributed by atoms with Crippen LogP contribution >= 0.6 is 46.3 Å². The van der Waals surface area contributed by atoms with E-state index in [0.29, 0.717) is 28.1 Å². The maximum absolute atomic E-state index is 11.8. The Morgan fingerprint density at radius 2 is 2.17 bits per heavy atom. The van der Waals surface area contributed by atoms with Gasteiger partial charge in [0.05, 0.1) is 10.8 Å². The van der Waals surface area contributed by atoms with Gasteiger partial charge in [-0.15, -0.1) is 23.1 Å². The number of benzene rings is 1. The van der Waals surface area contributed by atoms with E-state index in [4.69, 9.17) is 23.2 Å². The first-order valence-electron chi connectivity index (χ1n) is 7.74. The Hall–Kier alpha value is -0.750. The molecular weight excluding hydrogens is 383 g/mol. The van der Waals surface area contributed by atoms with Crippen LogP contribution in [0.5, 0.6) is 0 Å². The number of nitrogens with one attached hydrogen (secondary N) is 1. The van der Waals surface area contributed by atoms with Gasteiger partial charge >= 0.3 is 0 Å². The molecule has 0 radical (unpaired) electrons. The van der Waals surface area contributed by atoms with Gasteiger partial charge in [0.15, 0.2) is 0 Å². The van der Waals surface area contributed by atoms with Crippen molar-refractivity contribution in [3.63, 3.8) is 0 Å². The largest absolute Gasteiger partial charge is 0.355 e. The van der Waals surface area contributed by atoms with Crippen LogP contribution < -0.4 is 5.32 Å². The van der Waals surface area contributed by atoms with Crippen molar-refractivity contribution in [3.8, 4) is 0 Å². The van der Waals surface area contributed by atoms with Crippen LogP contribution in [0.25, 0.3) is 0 Å². The summed E-state index contributed by atoms with van der Waals surface area (Å²) in [5.74, 6) is 1.20. The third-order valence-corrected chi connectivity index (χ3v) is 5.91. The van der Waals surface area contributed by atoms with Gasteiger partial charge < -0.3 is 5.32 Å². The number of thiazole rings is 1. The topological polar surface area (TPSA) is 42.0 Å². The van der Waals surface area contributed by atoms with Crippen molar-refractivity contribution in [2.75, 3.05) is 12.3 Å². The zero-order valence-electron chi connectivity index (χ0n) is 13.5. The molecule has 7 heteroatoms. The SMILES string of the molecule is Cc1csc(CCCCNC(=O)CSCc2ccc(Cl)cc2Cl)n1. The summed E-state index contributed by atoms with van der Waals surface area (Å²) in [5, 5.41) is 7.47. The maximum Gasteiger partial charge on any atom is 0.230 e. The summed E-state index contributed by atoms with van der Waals surface area (Å²) in [6, 6.07) is 5.44. The van der Waals surface area contributed by atoms with E-state index in [1.165, 1.54) is 5.01 Å². The number of unbranched alkanes of at least 4 members (excludes halogenated alkanes) is 1. The van der Waals surface area contributed by atoms with Crippen LogP contribution in [0.4, 0.5) is 0 Å². The van der Waals surface area contributed by atoms with Gasteiger partial charge in [0.25, 0.3) is 0 Å². The highest BCUT2D eigenvalue weighted by atomic mass is 35.5. The molecule has 2 rings (SSSR count). The summed E-state index contributed by atoms with van der Waals surface area (Å²) in [7, 11) is 0. The highest BCUT2D eigenvalue weighted by Gasteiger charge is 2.05. The van der Waals surface area contributed by atoms with Crippen LogP contribution in [0.15, 0.2) is 23.6 Å². The Labute approximate surface area is 161 Å². The summed E-state index contributed by atoms with van der Waals surface area (Å²) >= 11 is 15.2. The zero-order valence-corrected chi connectivity index (χ0v) is 16.6. The van der Waals surface area contributed by atoms with Crippen LogP contribution in [-0.2, 0) is 17.0 Å². The smallest absolute Gasteiger partial charge is 0.230 e. The lowest BCUT2D eigenvalue weighted by Gasteiger charge is -2.06. The Kier molecular flexibility index (Phi) is 8.39. The number of carbonyl (C=O) groups is 1. The van der Waals surface area contributed by atoms with Gasteiger partial charge in [-0.25, -0.2) is 4.98 Å². The average Bonchev–Trinajstić information content (AvgIpc) is 2.94. The molecule has 0 atom stereocenters.